The zero-order valence-electron chi connectivity index (χ0n) is 11.3. The van der Waals surface area contributed by atoms with Crippen molar-refractivity contribution in [2.75, 3.05) is 6.54 Å². The molecule has 1 amide bonds. The average Bonchev–Trinajstić information content (AvgIpc) is 3.13. The van der Waals surface area contributed by atoms with E-state index in [4.69, 9.17) is 0 Å². The van der Waals surface area contributed by atoms with Gasteiger partial charge < -0.3 is 4.90 Å². The first-order chi connectivity index (χ1) is 9.29. The molecule has 4 heteroatoms. The summed E-state index contributed by atoms with van der Waals surface area (Å²) in [5.74, 6) is 2.83. The summed E-state index contributed by atoms with van der Waals surface area (Å²) in [5.41, 5.74) is 1.17. The molecule has 3 atom stereocenters. The maximum absolute atomic E-state index is 12.5. The van der Waals surface area contributed by atoms with Gasteiger partial charge in [0.25, 0.3) is 0 Å². The van der Waals surface area contributed by atoms with Crippen molar-refractivity contribution in [3.63, 3.8) is 0 Å². The van der Waals surface area contributed by atoms with Gasteiger partial charge >= 0.3 is 0 Å². The predicted molar refractivity (Wildman–Crippen MR) is 71.2 cm³/mol. The van der Waals surface area contributed by atoms with Gasteiger partial charge in [0.15, 0.2) is 0 Å². The number of carbonyl (C=O) groups is 1. The summed E-state index contributed by atoms with van der Waals surface area (Å²) in [7, 11) is 0. The van der Waals surface area contributed by atoms with E-state index in [9.17, 15) is 4.79 Å². The molecule has 0 aromatic carbocycles. The van der Waals surface area contributed by atoms with Crippen LogP contribution < -0.4 is 0 Å². The van der Waals surface area contributed by atoms with Gasteiger partial charge in [-0.15, -0.1) is 0 Å². The van der Waals surface area contributed by atoms with Crippen molar-refractivity contribution in [2.45, 2.75) is 45.2 Å². The Bertz CT molecular complexity index is 495. The second-order valence-electron chi connectivity index (χ2n) is 6.50. The molecule has 3 unspecified atom stereocenters. The first kappa shape index (κ1) is 11.5. The quantitative estimate of drug-likeness (QED) is 0.815. The first-order valence-electron chi connectivity index (χ1n) is 7.58. The fourth-order valence-electron chi connectivity index (χ4n) is 4.38. The van der Waals surface area contributed by atoms with Gasteiger partial charge in [0, 0.05) is 19.2 Å². The molecule has 4 nitrogen and oxygen atoms in total. The number of hydrogen-bond acceptors (Lipinski definition) is 2. The summed E-state index contributed by atoms with van der Waals surface area (Å²) < 4.78 is 2.02. The molecule has 2 bridgehead atoms. The largest absolute Gasteiger partial charge is 0.335 e. The van der Waals surface area contributed by atoms with Gasteiger partial charge in [-0.3, -0.25) is 9.48 Å². The van der Waals surface area contributed by atoms with Gasteiger partial charge in [0.05, 0.1) is 18.8 Å². The molecule has 19 heavy (non-hydrogen) atoms. The van der Waals surface area contributed by atoms with Crippen LogP contribution in [0.4, 0.5) is 0 Å². The van der Waals surface area contributed by atoms with Gasteiger partial charge in [-0.2, -0.15) is 5.10 Å². The van der Waals surface area contributed by atoms with E-state index in [-0.39, 0.29) is 0 Å². The van der Waals surface area contributed by atoms with Gasteiger partial charge in [0.1, 0.15) is 0 Å². The summed E-state index contributed by atoms with van der Waals surface area (Å²) in [6.45, 7) is 2.43. The zero-order valence-corrected chi connectivity index (χ0v) is 11.3. The summed E-state index contributed by atoms with van der Waals surface area (Å²) in [4.78, 5) is 14.5. The molecule has 0 saturated heterocycles. The van der Waals surface area contributed by atoms with Crippen LogP contribution in [-0.4, -0.2) is 27.1 Å². The molecule has 3 aliphatic rings. The highest BCUT2D eigenvalue weighted by atomic mass is 16.2. The van der Waals surface area contributed by atoms with Crippen molar-refractivity contribution in [1.82, 2.24) is 14.7 Å². The second-order valence-corrected chi connectivity index (χ2v) is 6.50. The molecule has 4 rings (SSSR count). The Balaban J connectivity index is 1.39. The molecule has 102 valence electrons. The van der Waals surface area contributed by atoms with E-state index < -0.39 is 0 Å². The minimum Gasteiger partial charge on any atom is -0.335 e. The van der Waals surface area contributed by atoms with Crippen LogP contribution in [0.3, 0.4) is 0 Å². The summed E-state index contributed by atoms with van der Waals surface area (Å²) in [5, 5.41) is 4.26. The van der Waals surface area contributed by atoms with Crippen molar-refractivity contribution in [3.05, 3.63) is 18.0 Å². The molecule has 2 saturated carbocycles. The highest BCUT2D eigenvalue weighted by Crippen LogP contribution is 2.49. The van der Waals surface area contributed by atoms with E-state index in [2.05, 4.69) is 5.10 Å². The summed E-state index contributed by atoms with van der Waals surface area (Å²) >= 11 is 0. The lowest BCUT2D eigenvalue weighted by Gasteiger charge is -2.30. The van der Waals surface area contributed by atoms with Crippen molar-refractivity contribution in [3.8, 4) is 0 Å². The van der Waals surface area contributed by atoms with E-state index >= 15 is 0 Å². The van der Waals surface area contributed by atoms with Gasteiger partial charge in [-0.25, -0.2) is 0 Å². The highest BCUT2D eigenvalue weighted by molar-refractivity contribution is 5.76. The fourth-order valence-corrected chi connectivity index (χ4v) is 4.38. The van der Waals surface area contributed by atoms with Crippen LogP contribution in [-0.2, 0) is 17.9 Å². The third-order valence-corrected chi connectivity index (χ3v) is 5.41. The highest BCUT2D eigenvalue weighted by Gasteiger charge is 2.40. The van der Waals surface area contributed by atoms with Crippen LogP contribution in [0.5, 0.6) is 0 Å². The smallest absolute Gasteiger partial charge is 0.223 e. The lowest BCUT2D eigenvalue weighted by atomic mass is 9.86. The Kier molecular flexibility index (Phi) is 2.64. The maximum Gasteiger partial charge on any atom is 0.223 e. The number of carbonyl (C=O) groups excluding carboxylic acids is 1. The molecule has 1 aromatic heterocycles. The maximum atomic E-state index is 12.5. The van der Waals surface area contributed by atoms with Gasteiger partial charge in [-0.1, -0.05) is 6.42 Å². The number of fused-ring (bicyclic) bond motifs is 3. The van der Waals surface area contributed by atoms with E-state index in [0.29, 0.717) is 11.8 Å². The van der Waals surface area contributed by atoms with E-state index in [1.54, 1.807) is 0 Å². The van der Waals surface area contributed by atoms with Crippen molar-refractivity contribution in [1.29, 1.82) is 0 Å². The predicted octanol–water partition coefficient (Wildman–Crippen LogP) is 2.05. The Morgan fingerprint density at radius 2 is 2.26 bits per heavy atom. The van der Waals surface area contributed by atoms with Crippen LogP contribution in [0.1, 0.15) is 37.8 Å². The lowest BCUT2D eigenvalue weighted by molar-refractivity contribution is -0.134. The van der Waals surface area contributed by atoms with Crippen LogP contribution >= 0.6 is 0 Å². The third-order valence-electron chi connectivity index (χ3n) is 5.41. The molecule has 2 heterocycles. The standard InChI is InChI=1S/C15H21N3O/c19-15(9-13-8-11-1-2-12(13)7-11)17-5-6-18-14(10-17)3-4-16-18/h3-4,11-13H,1-2,5-10H2. The molecular weight excluding hydrogens is 238 g/mol. The minimum atomic E-state index is 0.366. The molecule has 1 aromatic rings. The molecule has 0 spiro atoms. The molecule has 2 aliphatic carbocycles. The Labute approximate surface area is 113 Å². The van der Waals surface area contributed by atoms with Crippen molar-refractivity contribution >= 4 is 5.91 Å². The normalized spacial score (nSPS) is 32.6. The van der Waals surface area contributed by atoms with Crippen molar-refractivity contribution < 1.29 is 4.79 Å². The first-order valence-corrected chi connectivity index (χ1v) is 7.58. The van der Waals surface area contributed by atoms with E-state index in [0.717, 1.165) is 37.9 Å². The molecular formula is C15H21N3O. The van der Waals surface area contributed by atoms with Gasteiger partial charge in [-0.05, 0) is 43.1 Å². The summed E-state index contributed by atoms with van der Waals surface area (Å²) in [6.07, 6.45) is 8.11. The number of rotatable bonds is 2. The van der Waals surface area contributed by atoms with Crippen LogP contribution in [0.15, 0.2) is 12.3 Å². The van der Waals surface area contributed by atoms with Crippen LogP contribution in [0.25, 0.3) is 0 Å². The van der Waals surface area contributed by atoms with E-state index in [1.165, 1.54) is 31.4 Å². The SMILES string of the molecule is O=C(CC1CC2CCC1C2)N1CCn2nccc2C1. The minimum absolute atomic E-state index is 0.366. The van der Waals surface area contributed by atoms with Crippen LogP contribution in [0.2, 0.25) is 0 Å². The molecule has 0 N–H and O–H groups in total. The van der Waals surface area contributed by atoms with Crippen LogP contribution in [0, 0.1) is 17.8 Å². The topological polar surface area (TPSA) is 38.1 Å². The molecule has 0 radical (unpaired) electrons. The van der Waals surface area contributed by atoms with E-state index in [1.807, 2.05) is 21.8 Å². The Morgan fingerprint density at radius 3 is 3.05 bits per heavy atom. The monoisotopic (exact) mass is 259 g/mol. The number of hydrogen-bond donors (Lipinski definition) is 0. The molecule has 2 fully saturated rings. The fraction of sp³-hybridized carbons (Fsp3) is 0.733. The second kappa shape index (κ2) is 4.36. The number of nitrogens with zero attached hydrogens (tertiary/aromatic N) is 3. The molecule has 1 aliphatic heterocycles. The van der Waals surface area contributed by atoms with Gasteiger partial charge in [0.2, 0.25) is 5.91 Å². The number of aromatic nitrogens is 2. The Morgan fingerprint density at radius 1 is 1.32 bits per heavy atom. The third kappa shape index (κ3) is 1.97. The number of amides is 1. The summed E-state index contributed by atoms with van der Waals surface area (Å²) in [6, 6.07) is 2.02. The lowest BCUT2D eigenvalue weighted by Crippen LogP contribution is -2.39. The van der Waals surface area contributed by atoms with Crippen molar-refractivity contribution in [2.24, 2.45) is 17.8 Å². The zero-order chi connectivity index (χ0) is 12.8. The average molecular weight is 259 g/mol. The Hall–Kier alpha value is -1.32.